The Morgan fingerprint density at radius 3 is 2.36 bits per heavy atom. The highest BCUT2D eigenvalue weighted by atomic mass is 19.4. The molecule has 0 aliphatic heterocycles. The number of amides is 2. The average molecular weight is 453 g/mol. The monoisotopic (exact) mass is 453 g/mol. The Kier molecular flexibility index (Phi) is 6.09. The number of fused-ring (bicyclic) bond motifs is 1. The van der Waals surface area contributed by atoms with Gasteiger partial charge in [0.2, 0.25) is 0 Å². The van der Waals surface area contributed by atoms with Crippen LogP contribution in [0.5, 0.6) is 11.5 Å². The number of benzene rings is 3. The van der Waals surface area contributed by atoms with Crippen molar-refractivity contribution in [3.63, 3.8) is 0 Å². The van der Waals surface area contributed by atoms with Gasteiger partial charge in [0.25, 0.3) is 0 Å². The molecule has 1 heterocycles. The molecule has 0 aliphatic rings. The van der Waals surface area contributed by atoms with Crippen LogP contribution in [0.1, 0.15) is 11.3 Å². The zero-order chi connectivity index (χ0) is 23.4. The van der Waals surface area contributed by atoms with Gasteiger partial charge in [-0.3, -0.25) is 4.98 Å². The summed E-state index contributed by atoms with van der Waals surface area (Å²) in [6, 6.07) is 15.5. The molecule has 7 nitrogen and oxygen atoms in total. The first-order chi connectivity index (χ1) is 15.8. The normalized spacial score (nSPS) is 11.3. The molecule has 0 bridgehead atoms. The molecule has 4 N–H and O–H groups in total. The predicted molar refractivity (Wildman–Crippen MR) is 118 cm³/mol. The number of hydrogen-bond donors (Lipinski definition) is 3. The number of nitrogens with two attached hydrogens (primary N) is 1. The minimum absolute atomic E-state index is 0.0273. The maximum Gasteiger partial charge on any atom is 0.416 e. The van der Waals surface area contributed by atoms with Crippen LogP contribution < -0.4 is 21.1 Å². The number of urea groups is 1. The summed E-state index contributed by atoms with van der Waals surface area (Å²) in [5.74, 6) is 1.06. The number of anilines is 2. The van der Waals surface area contributed by atoms with E-state index in [1.54, 1.807) is 48.7 Å². The van der Waals surface area contributed by atoms with Crippen LogP contribution in [0.2, 0.25) is 0 Å². The molecular formula is C23H18F3N5O2. The molecule has 4 aromatic rings. The second-order valence-corrected chi connectivity index (χ2v) is 7.00. The summed E-state index contributed by atoms with van der Waals surface area (Å²) in [6.45, 7) is 0.282. The van der Waals surface area contributed by atoms with Crippen molar-refractivity contribution in [3.05, 3.63) is 84.2 Å². The number of halogens is 3. The first kappa shape index (κ1) is 22.0. The molecule has 2 amide bonds. The van der Waals surface area contributed by atoms with Crippen molar-refractivity contribution in [1.29, 1.82) is 0 Å². The minimum atomic E-state index is -4.49. The smallest absolute Gasteiger partial charge is 0.416 e. The summed E-state index contributed by atoms with van der Waals surface area (Å²) in [4.78, 5) is 20.8. The van der Waals surface area contributed by atoms with Gasteiger partial charge in [-0.1, -0.05) is 6.07 Å². The van der Waals surface area contributed by atoms with Gasteiger partial charge >= 0.3 is 12.2 Å². The van der Waals surface area contributed by atoms with Gasteiger partial charge in [-0.2, -0.15) is 13.2 Å². The average Bonchev–Trinajstić information content (AvgIpc) is 2.79. The van der Waals surface area contributed by atoms with Crippen LogP contribution in [0.25, 0.3) is 11.0 Å². The number of carbonyl (C=O) groups excluding carboxylic acids is 1. The van der Waals surface area contributed by atoms with E-state index in [9.17, 15) is 18.0 Å². The molecule has 0 saturated carbocycles. The molecule has 0 unspecified atom stereocenters. The van der Waals surface area contributed by atoms with Crippen LogP contribution in [-0.2, 0) is 12.7 Å². The van der Waals surface area contributed by atoms with Crippen LogP contribution in [0.3, 0.4) is 0 Å². The first-order valence-corrected chi connectivity index (χ1v) is 9.79. The van der Waals surface area contributed by atoms with E-state index >= 15 is 0 Å². The van der Waals surface area contributed by atoms with E-state index in [0.717, 1.165) is 12.1 Å². The van der Waals surface area contributed by atoms with Crippen LogP contribution in [0.15, 0.2) is 72.9 Å². The Labute approximate surface area is 186 Å². The number of aromatic nitrogens is 2. The van der Waals surface area contributed by atoms with E-state index in [1.165, 1.54) is 12.1 Å². The number of nitrogens with zero attached hydrogens (tertiary/aromatic N) is 2. The summed E-state index contributed by atoms with van der Waals surface area (Å²) in [7, 11) is 0. The third-order valence-corrected chi connectivity index (χ3v) is 4.57. The van der Waals surface area contributed by atoms with Gasteiger partial charge in [0, 0.05) is 24.0 Å². The van der Waals surface area contributed by atoms with Crippen molar-refractivity contribution in [2.75, 3.05) is 10.6 Å². The first-order valence-electron chi connectivity index (χ1n) is 9.79. The Hall–Kier alpha value is -4.18. The van der Waals surface area contributed by atoms with E-state index in [1.807, 2.05) is 0 Å². The van der Waals surface area contributed by atoms with Crippen molar-refractivity contribution in [2.45, 2.75) is 12.7 Å². The summed E-state index contributed by atoms with van der Waals surface area (Å²) in [6.07, 6.45) is -2.87. The molecule has 0 aliphatic carbocycles. The number of hydrogen-bond acceptors (Lipinski definition) is 5. The summed E-state index contributed by atoms with van der Waals surface area (Å²) in [5.41, 5.74) is 7.25. The summed E-state index contributed by atoms with van der Waals surface area (Å²) >= 11 is 0. The quantitative estimate of drug-likeness (QED) is 0.368. The van der Waals surface area contributed by atoms with E-state index in [4.69, 9.17) is 10.5 Å². The molecule has 0 atom stereocenters. The van der Waals surface area contributed by atoms with E-state index in [0.29, 0.717) is 33.9 Å². The lowest BCUT2D eigenvalue weighted by Gasteiger charge is -2.11. The Balaban J connectivity index is 1.39. The number of alkyl halides is 3. The molecule has 33 heavy (non-hydrogen) atoms. The molecule has 3 aromatic carbocycles. The van der Waals surface area contributed by atoms with Crippen LogP contribution in [0, 0.1) is 0 Å². The van der Waals surface area contributed by atoms with Crippen LogP contribution in [-0.4, -0.2) is 16.0 Å². The van der Waals surface area contributed by atoms with Crippen LogP contribution >= 0.6 is 0 Å². The highest BCUT2D eigenvalue weighted by Gasteiger charge is 2.30. The molecule has 0 fully saturated rings. The number of carbonyl (C=O) groups is 1. The zero-order valence-electron chi connectivity index (χ0n) is 17.1. The van der Waals surface area contributed by atoms with Crippen molar-refractivity contribution in [1.82, 2.24) is 9.97 Å². The third-order valence-electron chi connectivity index (χ3n) is 4.57. The Morgan fingerprint density at radius 1 is 0.909 bits per heavy atom. The molecule has 0 saturated heterocycles. The van der Waals surface area contributed by atoms with Gasteiger partial charge in [-0.05, 0) is 54.6 Å². The third kappa shape index (κ3) is 5.55. The van der Waals surface area contributed by atoms with Crippen LogP contribution in [0.4, 0.5) is 29.3 Å². The van der Waals surface area contributed by atoms with Gasteiger partial charge < -0.3 is 21.1 Å². The largest absolute Gasteiger partial charge is 0.457 e. The Bertz CT molecular complexity index is 1290. The van der Waals surface area contributed by atoms with E-state index in [-0.39, 0.29) is 12.2 Å². The second kappa shape index (κ2) is 9.13. The lowest BCUT2D eigenvalue weighted by Crippen LogP contribution is -2.19. The summed E-state index contributed by atoms with van der Waals surface area (Å²) in [5, 5.41) is 4.94. The van der Waals surface area contributed by atoms with Crippen molar-refractivity contribution in [2.24, 2.45) is 5.73 Å². The number of rotatable bonds is 5. The van der Waals surface area contributed by atoms with Gasteiger partial charge in [-0.15, -0.1) is 0 Å². The fraction of sp³-hybridized carbons (Fsp3) is 0.0870. The molecule has 1 aromatic heterocycles. The molecule has 4 rings (SSSR count). The lowest BCUT2D eigenvalue weighted by atomic mass is 10.2. The maximum atomic E-state index is 12.8. The molecule has 168 valence electrons. The summed E-state index contributed by atoms with van der Waals surface area (Å²) < 4.78 is 44.2. The van der Waals surface area contributed by atoms with Crippen molar-refractivity contribution in [3.8, 4) is 11.5 Å². The maximum absolute atomic E-state index is 12.8. The molecule has 0 spiro atoms. The van der Waals surface area contributed by atoms with Gasteiger partial charge in [0.1, 0.15) is 11.5 Å². The fourth-order valence-corrected chi connectivity index (χ4v) is 3.00. The zero-order valence-corrected chi connectivity index (χ0v) is 17.1. The minimum Gasteiger partial charge on any atom is -0.457 e. The predicted octanol–water partition coefficient (Wildman–Crippen LogP) is 5.54. The van der Waals surface area contributed by atoms with E-state index in [2.05, 4.69) is 20.6 Å². The fourth-order valence-electron chi connectivity index (χ4n) is 3.00. The van der Waals surface area contributed by atoms with Crippen molar-refractivity contribution < 1.29 is 22.7 Å². The highest BCUT2D eigenvalue weighted by molar-refractivity contribution is 5.99. The molecular weight excluding hydrogens is 435 g/mol. The van der Waals surface area contributed by atoms with Gasteiger partial charge in [-0.25, -0.2) is 9.78 Å². The SMILES string of the molecule is NCc1cnc2ccc(Oc3ccc(NC(=O)Nc4cccc(C(F)(F)F)c4)cc3)cc2n1. The van der Waals surface area contributed by atoms with Crippen molar-refractivity contribution >= 4 is 28.4 Å². The van der Waals surface area contributed by atoms with Gasteiger partial charge in [0.05, 0.1) is 28.5 Å². The molecule has 10 heteroatoms. The standard InChI is InChI=1S/C23H18F3N5O2/c24-23(25,26)14-2-1-3-16(10-14)31-22(32)30-15-4-6-18(7-5-15)33-19-8-9-20-21(11-19)29-17(12-27)13-28-20/h1-11,13H,12,27H2,(H2,30,31,32). The number of ether oxygens (including phenoxy) is 1. The highest BCUT2D eigenvalue weighted by Crippen LogP contribution is 2.31. The number of nitrogens with one attached hydrogen (secondary N) is 2. The second-order valence-electron chi connectivity index (χ2n) is 7.00. The molecule has 0 radical (unpaired) electrons. The lowest BCUT2D eigenvalue weighted by molar-refractivity contribution is -0.137. The van der Waals surface area contributed by atoms with Gasteiger partial charge in [0.15, 0.2) is 0 Å². The topological polar surface area (TPSA) is 102 Å². The Morgan fingerprint density at radius 2 is 1.64 bits per heavy atom. The van der Waals surface area contributed by atoms with E-state index < -0.39 is 17.8 Å².